The molecule has 15 heavy (non-hydrogen) atoms. The summed E-state index contributed by atoms with van der Waals surface area (Å²) in [5.74, 6) is 0.249. The lowest BCUT2D eigenvalue weighted by Crippen LogP contribution is -2.39. The number of rotatable bonds is 5. The zero-order valence-electron chi connectivity index (χ0n) is 9.66. The summed E-state index contributed by atoms with van der Waals surface area (Å²) < 4.78 is 5.24. The summed E-state index contributed by atoms with van der Waals surface area (Å²) >= 11 is 0. The average Bonchev–Trinajstić information content (AvgIpc) is 2.61. The first kappa shape index (κ1) is 12.5. The third-order valence-electron chi connectivity index (χ3n) is 2.80. The number of ether oxygens (including phenoxy) is 1. The van der Waals surface area contributed by atoms with Gasteiger partial charge in [-0.15, -0.1) is 0 Å². The lowest BCUT2D eigenvalue weighted by molar-refractivity contribution is -0.125. The molecule has 4 heteroatoms. The molecule has 0 radical (unpaired) electrons. The van der Waals surface area contributed by atoms with E-state index in [0.717, 1.165) is 19.3 Å². The van der Waals surface area contributed by atoms with E-state index in [4.69, 9.17) is 10.5 Å². The Labute approximate surface area is 91.5 Å². The van der Waals surface area contributed by atoms with Gasteiger partial charge >= 0.3 is 0 Å². The molecule has 3 atom stereocenters. The summed E-state index contributed by atoms with van der Waals surface area (Å²) in [6, 6.07) is 0.303. The quantitative estimate of drug-likeness (QED) is 0.706. The van der Waals surface area contributed by atoms with Crippen LogP contribution in [0.3, 0.4) is 0 Å². The molecule has 1 aliphatic carbocycles. The van der Waals surface area contributed by atoms with E-state index in [1.807, 2.05) is 13.8 Å². The first-order valence-electron chi connectivity index (χ1n) is 5.77. The van der Waals surface area contributed by atoms with E-state index in [1.54, 1.807) is 0 Å². The number of nitrogens with one attached hydrogen (secondary N) is 1. The van der Waals surface area contributed by atoms with E-state index in [9.17, 15) is 4.79 Å². The van der Waals surface area contributed by atoms with E-state index in [2.05, 4.69) is 5.32 Å². The summed E-state index contributed by atoms with van der Waals surface area (Å²) in [6.07, 6.45) is 2.72. The molecule has 88 valence electrons. The monoisotopic (exact) mass is 214 g/mol. The molecule has 0 aromatic heterocycles. The van der Waals surface area contributed by atoms with Crippen molar-refractivity contribution in [1.82, 2.24) is 5.32 Å². The zero-order valence-corrected chi connectivity index (χ0v) is 9.66. The number of hydrogen-bond acceptors (Lipinski definition) is 3. The van der Waals surface area contributed by atoms with Crippen molar-refractivity contribution in [3.05, 3.63) is 0 Å². The van der Waals surface area contributed by atoms with Crippen LogP contribution in [0.4, 0.5) is 0 Å². The third kappa shape index (κ3) is 4.18. The first-order chi connectivity index (χ1) is 7.13. The van der Waals surface area contributed by atoms with Crippen LogP contribution in [0.2, 0.25) is 0 Å². The molecule has 1 rings (SSSR count). The van der Waals surface area contributed by atoms with Crippen LogP contribution in [0.15, 0.2) is 0 Å². The third-order valence-corrected chi connectivity index (χ3v) is 2.80. The molecule has 1 fully saturated rings. The highest BCUT2D eigenvalue weighted by Gasteiger charge is 2.28. The molecule has 1 aliphatic rings. The Morgan fingerprint density at radius 3 is 2.87 bits per heavy atom. The fraction of sp³-hybridized carbons (Fsp3) is 0.909. The second-order valence-corrected chi connectivity index (χ2v) is 4.34. The Morgan fingerprint density at radius 1 is 1.60 bits per heavy atom. The molecule has 0 bridgehead atoms. The highest BCUT2D eigenvalue weighted by atomic mass is 16.5. The van der Waals surface area contributed by atoms with Gasteiger partial charge in [0.25, 0.3) is 0 Å². The highest BCUT2D eigenvalue weighted by molar-refractivity contribution is 5.79. The smallest absolute Gasteiger partial charge is 0.223 e. The van der Waals surface area contributed by atoms with E-state index < -0.39 is 0 Å². The van der Waals surface area contributed by atoms with Gasteiger partial charge in [-0.2, -0.15) is 0 Å². The molecular formula is C11H22N2O2. The van der Waals surface area contributed by atoms with E-state index in [1.165, 1.54) is 0 Å². The molecule has 0 aromatic carbocycles. The number of carbonyl (C=O) groups is 1. The zero-order chi connectivity index (χ0) is 11.3. The summed E-state index contributed by atoms with van der Waals surface area (Å²) in [5, 5.41) is 2.96. The van der Waals surface area contributed by atoms with Crippen LogP contribution in [0.25, 0.3) is 0 Å². The Balaban J connectivity index is 2.23. The maximum Gasteiger partial charge on any atom is 0.223 e. The Morgan fingerprint density at radius 2 is 2.33 bits per heavy atom. The van der Waals surface area contributed by atoms with Crippen molar-refractivity contribution in [2.75, 3.05) is 13.2 Å². The van der Waals surface area contributed by atoms with E-state index in [0.29, 0.717) is 13.2 Å². The summed E-state index contributed by atoms with van der Waals surface area (Å²) in [7, 11) is 0. The fourth-order valence-corrected chi connectivity index (χ4v) is 1.95. The van der Waals surface area contributed by atoms with Gasteiger partial charge in [0.15, 0.2) is 0 Å². The van der Waals surface area contributed by atoms with Gasteiger partial charge in [0.1, 0.15) is 0 Å². The highest BCUT2D eigenvalue weighted by Crippen LogP contribution is 2.24. The Hall–Kier alpha value is -0.610. The van der Waals surface area contributed by atoms with Crippen molar-refractivity contribution in [2.24, 2.45) is 11.7 Å². The summed E-state index contributed by atoms with van der Waals surface area (Å²) in [6.45, 7) is 5.18. The molecule has 4 nitrogen and oxygen atoms in total. The molecule has 0 aromatic rings. The topological polar surface area (TPSA) is 64.3 Å². The summed E-state index contributed by atoms with van der Waals surface area (Å²) in [5.41, 5.74) is 5.77. The van der Waals surface area contributed by atoms with Gasteiger partial charge in [-0.05, 0) is 33.1 Å². The number of amides is 1. The van der Waals surface area contributed by atoms with Crippen molar-refractivity contribution in [2.45, 2.75) is 45.2 Å². The van der Waals surface area contributed by atoms with Crippen LogP contribution in [0, 0.1) is 5.92 Å². The van der Waals surface area contributed by atoms with Crippen molar-refractivity contribution in [1.29, 1.82) is 0 Å². The molecule has 3 unspecified atom stereocenters. The lowest BCUT2D eigenvalue weighted by atomic mass is 10.1. The molecule has 1 amide bonds. The molecule has 0 heterocycles. The number of carbonyl (C=O) groups excluding carboxylic acids is 1. The van der Waals surface area contributed by atoms with Crippen LogP contribution in [0.5, 0.6) is 0 Å². The van der Waals surface area contributed by atoms with Gasteiger partial charge in [-0.1, -0.05) is 0 Å². The minimum Gasteiger partial charge on any atom is -0.380 e. The van der Waals surface area contributed by atoms with Gasteiger partial charge in [-0.25, -0.2) is 0 Å². The van der Waals surface area contributed by atoms with Gasteiger partial charge < -0.3 is 15.8 Å². The minimum atomic E-state index is 0.0919. The molecule has 0 aliphatic heterocycles. The maximum absolute atomic E-state index is 11.7. The molecule has 0 spiro atoms. The van der Waals surface area contributed by atoms with Crippen molar-refractivity contribution in [3.8, 4) is 0 Å². The van der Waals surface area contributed by atoms with Crippen molar-refractivity contribution >= 4 is 5.91 Å². The predicted octanol–water partition coefficient (Wildman–Crippen LogP) is 0.655. The molecule has 3 N–H and O–H groups in total. The number of nitrogens with two attached hydrogens (primary N) is 1. The second kappa shape index (κ2) is 6.08. The van der Waals surface area contributed by atoms with Gasteiger partial charge in [0.05, 0.1) is 6.61 Å². The van der Waals surface area contributed by atoms with Crippen LogP contribution >= 0.6 is 0 Å². The molecular weight excluding hydrogens is 192 g/mol. The SMILES string of the molecule is CCOCC(C)NC(=O)C1CCC(N)C1. The maximum atomic E-state index is 11.7. The van der Waals surface area contributed by atoms with Crippen LogP contribution in [0.1, 0.15) is 33.1 Å². The van der Waals surface area contributed by atoms with Crippen LogP contribution < -0.4 is 11.1 Å². The standard InChI is InChI=1S/C11H22N2O2/c1-3-15-7-8(2)13-11(14)9-4-5-10(12)6-9/h8-10H,3-7,12H2,1-2H3,(H,13,14). The fourth-order valence-electron chi connectivity index (χ4n) is 1.95. The first-order valence-corrected chi connectivity index (χ1v) is 5.77. The second-order valence-electron chi connectivity index (χ2n) is 4.34. The number of hydrogen-bond donors (Lipinski definition) is 2. The molecule has 0 saturated heterocycles. The van der Waals surface area contributed by atoms with Crippen molar-refractivity contribution < 1.29 is 9.53 Å². The average molecular weight is 214 g/mol. The Bertz CT molecular complexity index is 209. The van der Waals surface area contributed by atoms with Crippen LogP contribution in [-0.2, 0) is 9.53 Å². The van der Waals surface area contributed by atoms with Gasteiger partial charge in [0.2, 0.25) is 5.91 Å². The van der Waals surface area contributed by atoms with Crippen LogP contribution in [-0.4, -0.2) is 31.2 Å². The van der Waals surface area contributed by atoms with Gasteiger partial charge in [0, 0.05) is 24.6 Å². The van der Waals surface area contributed by atoms with E-state index in [-0.39, 0.29) is 23.9 Å². The minimum absolute atomic E-state index is 0.0919. The van der Waals surface area contributed by atoms with Gasteiger partial charge in [-0.3, -0.25) is 4.79 Å². The normalized spacial score (nSPS) is 27.7. The van der Waals surface area contributed by atoms with E-state index >= 15 is 0 Å². The predicted molar refractivity (Wildman–Crippen MR) is 59.4 cm³/mol. The lowest BCUT2D eigenvalue weighted by Gasteiger charge is -2.16. The van der Waals surface area contributed by atoms with Crippen molar-refractivity contribution in [3.63, 3.8) is 0 Å². The largest absolute Gasteiger partial charge is 0.380 e. The summed E-state index contributed by atoms with van der Waals surface area (Å²) in [4.78, 5) is 11.7. The molecule has 1 saturated carbocycles. The Kier molecular flexibility index (Phi) is 5.05.